The number of nitrogens with zero attached hydrogens (tertiary/aromatic N) is 4. The number of thiazole rings is 1. The van der Waals surface area contributed by atoms with Gasteiger partial charge in [0.15, 0.2) is 11.6 Å². The number of carbonyl (C=O) groups excluding carboxylic acids is 2. The summed E-state index contributed by atoms with van der Waals surface area (Å²) in [6.45, 7) is -0.129. The molecule has 4 heterocycles. The number of thiophene rings is 1. The van der Waals surface area contributed by atoms with Crippen LogP contribution >= 0.6 is 34.3 Å². The van der Waals surface area contributed by atoms with Crippen molar-refractivity contribution in [2.45, 2.75) is 12.5 Å². The van der Waals surface area contributed by atoms with E-state index in [1.165, 1.54) is 45.4 Å². The summed E-state index contributed by atoms with van der Waals surface area (Å²) in [5.41, 5.74) is 1.69. The highest BCUT2D eigenvalue weighted by atomic mass is 35.5. The van der Waals surface area contributed by atoms with Crippen molar-refractivity contribution in [1.29, 1.82) is 0 Å². The summed E-state index contributed by atoms with van der Waals surface area (Å²) >= 11 is 8.70. The van der Waals surface area contributed by atoms with Crippen LogP contribution in [0.15, 0.2) is 35.8 Å². The van der Waals surface area contributed by atoms with Gasteiger partial charge in [-0.3, -0.25) is 18.7 Å². The second kappa shape index (κ2) is 10.4. The van der Waals surface area contributed by atoms with E-state index >= 15 is 4.39 Å². The van der Waals surface area contributed by atoms with Crippen molar-refractivity contribution in [2.75, 3.05) is 38.2 Å². The minimum Gasteiger partial charge on any atom is -0.482 e. The summed E-state index contributed by atoms with van der Waals surface area (Å²) in [4.78, 5) is 34.9. The minimum atomic E-state index is -3.49. The topological polar surface area (TPSA) is 113 Å². The van der Waals surface area contributed by atoms with Crippen LogP contribution in [0.1, 0.15) is 32.0 Å². The Balaban J connectivity index is 1.46. The van der Waals surface area contributed by atoms with Gasteiger partial charge in [-0.25, -0.2) is 17.8 Å². The zero-order valence-electron chi connectivity index (χ0n) is 21.0. The molecule has 1 unspecified atom stereocenters. The van der Waals surface area contributed by atoms with Gasteiger partial charge in [-0.15, -0.1) is 22.7 Å². The highest BCUT2D eigenvalue weighted by Crippen LogP contribution is 2.41. The van der Waals surface area contributed by atoms with E-state index in [9.17, 15) is 18.0 Å². The second-order valence-electron chi connectivity index (χ2n) is 9.07. The molecule has 0 saturated carbocycles. The molecule has 0 fully saturated rings. The quantitative estimate of drug-likeness (QED) is 0.339. The molecule has 0 saturated heterocycles. The fourth-order valence-corrected chi connectivity index (χ4v) is 7.08. The molecule has 15 heteroatoms. The third kappa shape index (κ3) is 5.46. The first-order chi connectivity index (χ1) is 18.4. The predicted molar refractivity (Wildman–Crippen MR) is 148 cm³/mol. The van der Waals surface area contributed by atoms with Crippen LogP contribution in [0.3, 0.4) is 0 Å². The summed E-state index contributed by atoms with van der Waals surface area (Å²) in [5.74, 6) is -1.15. The van der Waals surface area contributed by atoms with Crippen molar-refractivity contribution >= 4 is 66.8 Å². The number of hydrogen-bond donors (Lipinski definition) is 1. The summed E-state index contributed by atoms with van der Waals surface area (Å²) < 4.78 is 48.2. The third-order valence-electron chi connectivity index (χ3n) is 6.02. The molecule has 1 aliphatic heterocycles. The summed E-state index contributed by atoms with van der Waals surface area (Å²) in [6.07, 6.45) is 3.31. The van der Waals surface area contributed by atoms with Gasteiger partial charge in [0.25, 0.3) is 11.8 Å². The number of sulfonamides is 1. The number of aromatic nitrogens is 2. The van der Waals surface area contributed by atoms with Crippen LogP contribution in [0.25, 0.3) is 4.96 Å². The molecular weight excluding hydrogens is 589 g/mol. The maximum atomic E-state index is 15.4. The Hall–Kier alpha value is -3.20. The van der Waals surface area contributed by atoms with Gasteiger partial charge >= 0.3 is 0 Å². The number of imidazole rings is 1. The van der Waals surface area contributed by atoms with Crippen LogP contribution in [0.5, 0.6) is 5.75 Å². The van der Waals surface area contributed by atoms with Gasteiger partial charge < -0.3 is 14.5 Å². The average molecular weight is 612 g/mol. The highest BCUT2D eigenvalue weighted by molar-refractivity contribution is 7.92. The van der Waals surface area contributed by atoms with Crippen LogP contribution in [-0.4, -0.2) is 72.9 Å². The van der Waals surface area contributed by atoms with Crippen LogP contribution in [0.4, 0.5) is 10.1 Å². The van der Waals surface area contributed by atoms with Crippen molar-refractivity contribution in [2.24, 2.45) is 0 Å². The van der Waals surface area contributed by atoms with E-state index in [0.717, 1.165) is 28.2 Å². The molecule has 1 N–H and O–H groups in total. The van der Waals surface area contributed by atoms with Gasteiger partial charge in [0.1, 0.15) is 17.6 Å². The molecule has 0 aliphatic carbocycles. The lowest BCUT2D eigenvalue weighted by Gasteiger charge is -2.35. The summed E-state index contributed by atoms with van der Waals surface area (Å²) in [6, 6.07) is 4.68. The third-order valence-corrected chi connectivity index (χ3v) is 8.83. The van der Waals surface area contributed by atoms with Gasteiger partial charge in [0.05, 0.1) is 38.1 Å². The van der Waals surface area contributed by atoms with Crippen molar-refractivity contribution in [1.82, 2.24) is 19.2 Å². The average Bonchev–Trinajstić information content (AvgIpc) is 3.55. The Morgan fingerprint density at radius 2 is 2.08 bits per heavy atom. The Bertz CT molecular complexity index is 1700. The van der Waals surface area contributed by atoms with Gasteiger partial charge in [-0.05, 0) is 24.3 Å². The number of carbonyl (C=O) groups is 2. The maximum Gasteiger partial charge on any atom is 0.263 e. The minimum absolute atomic E-state index is 0.112. The number of hydrogen-bond acceptors (Lipinski definition) is 8. The first kappa shape index (κ1) is 27.4. The van der Waals surface area contributed by atoms with Crippen molar-refractivity contribution < 1.29 is 27.1 Å². The smallest absolute Gasteiger partial charge is 0.263 e. The maximum absolute atomic E-state index is 15.4. The van der Waals surface area contributed by atoms with Gasteiger partial charge in [0, 0.05) is 38.6 Å². The Labute approximate surface area is 236 Å². The van der Waals surface area contributed by atoms with Crippen LogP contribution in [0, 0.1) is 5.82 Å². The fraction of sp³-hybridized carbons (Fsp3) is 0.292. The Morgan fingerprint density at radius 3 is 2.77 bits per heavy atom. The van der Waals surface area contributed by atoms with E-state index < -0.39 is 34.4 Å². The largest absolute Gasteiger partial charge is 0.482 e. The molecule has 10 nitrogen and oxygen atoms in total. The first-order valence-electron chi connectivity index (χ1n) is 11.6. The number of amides is 2. The fourth-order valence-electron chi connectivity index (χ4n) is 4.37. The van der Waals surface area contributed by atoms with E-state index in [4.69, 9.17) is 16.3 Å². The summed E-state index contributed by atoms with van der Waals surface area (Å²) in [7, 11) is -0.314. The van der Waals surface area contributed by atoms with E-state index in [1.54, 1.807) is 14.1 Å². The molecule has 206 valence electrons. The van der Waals surface area contributed by atoms with E-state index in [2.05, 4.69) is 9.71 Å². The van der Waals surface area contributed by atoms with Gasteiger partial charge in [-0.1, -0.05) is 11.6 Å². The zero-order chi connectivity index (χ0) is 28.1. The zero-order valence-corrected chi connectivity index (χ0v) is 24.2. The van der Waals surface area contributed by atoms with Crippen LogP contribution in [0.2, 0.25) is 5.02 Å². The second-order valence-corrected chi connectivity index (χ2v) is 13.2. The molecule has 2 amide bonds. The van der Waals surface area contributed by atoms with E-state index in [1.807, 2.05) is 16.0 Å². The van der Waals surface area contributed by atoms with Crippen molar-refractivity contribution in [3.63, 3.8) is 0 Å². The Morgan fingerprint density at radius 1 is 1.31 bits per heavy atom. The number of fused-ring (bicyclic) bond motifs is 3. The highest BCUT2D eigenvalue weighted by Gasteiger charge is 2.39. The number of benzene rings is 1. The lowest BCUT2D eigenvalue weighted by atomic mass is 10.0. The lowest BCUT2D eigenvalue weighted by molar-refractivity contribution is -0.135. The van der Waals surface area contributed by atoms with Crippen molar-refractivity contribution in [3.8, 4) is 5.75 Å². The number of rotatable bonds is 7. The van der Waals surface area contributed by atoms with Gasteiger partial charge in [0.2, 0.25) is 10.0 Å². The monoisotopic (exact) mass is 611 g/mol. The summed E-state index contributed by atoms with van der Waals surface area (Å²) in [5, 5.41) is 1.97. The number of nitrogens with one attached hydrogen (secondary N) is 1. The Kier molecular flexibility index (Phi) is 7.31. The van der Waals surface area contributed by atoms with E-state index in [0.29, 0.717) is 12.1 Å². The molecule has 1 aromatic carbocycles. The van der Waals surface area contributed by atoms with E-state index in [-0.39, 0.29) is 38.7 Å². The molecule has 0 radical (unpaired) electrons. The molecule has 0 bridgehead atoms. The molecular formula is C24H23ClFN5O5S3. The van der Waals surface area contributed by atoms with Gasteiger partial charge in [-0.2, -0.15) is 0 Å². The van der Waals surface area contributed by atoms with Crippen LogP contribution in [-0.2, 0) is 21.2 Å². The molecule has 4 aromatic rings. The SMILES string of the molecule is CN(C)C(=O)c1cc(F)c(C2c3c(nc4sccn34)CCN2C(=O)COc2ccc(NS(C)(=O)=O)cc2Cl)s1. The molecule has 39 heavy (non-hydrogen) atoms. The molecule has 1 aliphatic rings. The van der Waals surface area contributed by atoms with Crippen LogP contribution < -0.4 is 9.46 Å². The number of halogens is 2. The molecule has 0 spiro atoms. The lowest BCUT2D eigenvalue weighted by Crippen LogP contribution is -2.43. The van der Waals surface area contributed by atoms with Crippen molar-refractivity contribution in [3.05, 3.63) is 67.8 Å². The number of ether oxygens (including phenoxy) is 1. The standard InChI is InChI=1S/C24H23ClFN5O5S3/c1-29(2)23(33)18-11-15(26)22(38-18)21-20-16(27-24-31(20)8-9-37-24)6-7-30(21)19(32)12-36-17-5-4-13(10-14(17)25)28-39(3,34)35/h4-5,8-11,21,28H,6-7,12H2,1-3H3. The first-order valence-corrected chi connectivity index (χ1v) is 15.5. The predicted octanol–water partition coefficient (Wildman–Crippen LogP) is 3.88. The normalized spacial score (nSPS) is 15.3. The molecule has 3 aromatic heterocycles. The molecule has 5 rings (SSSR count). The molecule has 1 atom stereocenters. The number of anilines is 1.